The molecule has 0 saturated heterocycles. The lowest BCUT2D eigenvalue weighted by atomic mass is 10.1. The third kappa shape index (κ3) is 4.99. The largest absolute Gasteiger partial charge is 0.461 e. The summed E-state index contributed by atoms with van der Waals surface area (Å²) in [4.78, 5) is 22.1. The number of esters is 2. The summed E-state index contributed by atoms with van der Waals surface area (Å²) < 4.78 is 10.1. The molecule has 0 heterocycles. The van der Waals surface area contributed by atoms with Crippen molar-refractivity contribution < 1.29 is 19.1 Å². The molecule has 0 aliphatic carbocycles. The van der Waals surface area contributed by atoms with Crippen molar-refractivity contribution in [1.29, 1.82) is 0 Å². The molecule has 1 aromatic carbocycles. The van der Waals surface area contributed by atoms with Gasteiger partial charge in [-0.3, -0.25) is 9.59 Å². The molecule has 0 amide bonds. The molecular weight excluding hydrogens is 232 g/mol. The molecule has 0 atom stereocenters. The van der Waals surface area contributed by atoms with Crippen LogP contribution in [-0.2, 0) is 32.3 Å². The molecule has 0 aliphatic heterocycles. The van der Waals surface area contributed by atoms with Crippen LogP contribution in [0.1, 0.15) is 37.8 Å². The van der Waals surface area contributed by atoms with Gasteiger partial charge in [-0.05, 0) is 17.2 Å². The summed E-state index contributed by atoms with van der Waals surface area (Å²) in [7, 11) is 0. The Bertz CT molecular complexity index is 377. The molecule has 4 nitrogen and oxygen atoms in total. The van der Waals surface area contributed by atoms with E-state index in [1.54, 1.807) is 13.8 Å². The fourth-order valence-electron chi connectivity index (χ4n) is 1.34. The topological polar surface area (TPSA) is 52.6 Å². The molecule has 0 fully saturated rings. The van der Waals surface area contributed by atoms with E-state index < -0.39 is 0 Å². The Balaban J connectivity index is 2.51. The number of benzene rings is 1. The van der Waals surface area contributed by atoms with Gasteiger partial charge in [0.1, 0.15) is 13.2 Å². The van der Waals surface area contributed by atoms with Crippen LogP contribution in [0.4, 0.5) is 0 Å². The van der Waals surface area contributed by atoms with Gasteiger partial charge in [0.05, 0.1) is 0 Å². The van der Waals surface area contributed by atoms with Crippen LogP contribution in [0.25, 0.3) is 0 Å². The lowest BCUT2D eigenvalue weighted by Crippen LogP contribution is -2.04. The first-order valence-corrected chi connectivity index (χ1v) is 6.04. The van der Waals surface area contributed by atoms with Crippen molar-refractivity contribution in [2.45, 2.75) is 39.9 Å². The molecule has 0 unspecified atom stereocenters. The summed E-state index contributed by atoms with van der Waals surface area (Å²) in [5.74, 6) is -0.448. The Morgan fingerprint density at radius 2 is 1.39 bits per heavy atom. The van der Waals surface area contributed by atoms with Crippen molar-refractivity contribution in [3.05, 3.63) is 35.4 Å². The molecule has 0 aromatic heterocycles. The van der Waals surface area contributed by atoms with Crippen LogP contribution in [0.15, 0.2) is 24.3 Å². The summed E-state index contributed by atoms with van der Waals surface area (Å²) in [6.45, 7) is 4.01. The second-order valence-electron chi connectivity index (χ2n) is 3.85. The fourth-order valence-corrected chi connectivity index (χ4v) is 1.34. The first-order chi connectivity index (χ1) is 8.65. The number of carbonyl (C=O) groups is 2. The van der Waals surface area contributed by atoms with Crippen LogP contribution >= 0.6 is 0 Å². The summed E-state index contributed by atoms with van der Waals surface area (Å²) in [5, 5.41) is 0. The zero-order valence-electron chi connectivity index (χ0n) is 10.8. The minimum atomic E-state index is -0.224. The molecule has 4 heteroatoms. The van der Waals surface area contributed by atoms with Gasteiger partial charge in [-0.25, -0.2) is 0 Å². The first kappa shape index (κ1) is 14.2. The van der Waals surface area contributed by atoms with E-state index in [4.69, 9.17) is 9.47 Å². The highest BCUT2D eigenvalue weighted by molar-refractivity contribution is 5.69. The number of hydrogen-bond acceptors (Lipinski definition) is 4. The molecule has 1 aromatic rings. The van der Waals surface area contributed by atoms with Crippen LogP contribution in [-0.4, -0.2) is 11.9 Å². The maximum absolute atomic E-state index is 11.0. The quantitative estimate of drug-likeness (QED) is 0.728. The van der Waals surface area contributed by atoms with Gasteiger partial charge in [-0.15, -0.1) is 0 Å². The van der Waals surface area contributed by atoms with Crippen LogP contribution in [0.2, 0.25) is 0 Å². The van der Waals surface area contributed by atoms with Gasteiger partial charge in [0.2, 0.25) is 0 Å². The average Bonchev–Trinajstić information content (AvgIpc) is 2.42. The minimum absolute atomic E-state index is 0.224. The Hall–Kier alpha value is -1.84. The van der Waals surface area contributed by atoms with Crippen molar-refractivity contribution in [2.75, 3.05) is 0 Å². The fraction of sp³-hybridized carbons (Fsp3) is 0.429. The third-order valence-electron chi connectivity index (χ3n) is 2.37. The molecule has 0 saturated carbocycles. The van der Waals surface area contributed by atoms with Gasteiger partial charge in [0, 0.05) is 12.8 Å². The highest BCUT2D eigenvalue weighted by atomic mass is 16.5. The van der Waals surface area contributed by atoms with Gasteiger partial charge in [-0.2, -0.15) is 0 Å². The SMILES string of the molecule is CCC(=O)OCc1cccc(COC(=O)CC)c1. The normalized spacial score (nSPS) is 9.89. The van der Waals surface area contributed by atoms with Crippen LogP contribution in [0.3, 0.4) is 0 Å². The molecule has 0 aliphatic rings. The van der Waals surface area contributed by atoms with Crippen LogP contribution in [0, 0.1) is 0 Å². The number of ether oxygens (including phenoxy) is 2. The van der Waals surface area contributed by atoms with Crippen molar-refractivity contribution in [1.82, 2.24) is 0 Å². The molecule has 0 radical (unpaired) electrons. The first-order valence-electron chi connectivity index (χ1n) is 6.04. The van der Waals surface area contributed by atoms with Gasteiger partial charge < -0.3 is 9.47 Å². The van der Waals surface area contributed by atoms with E-state index in [1.165, 1.54) is 0 Å². The molecular formula is C14H18O4. The van der Waals surface area contributed by atoms with E-state index in [0.717, 1.165) is 11.1 Å². The molecule has 98 valence electrons. The van der Waals surface area contributed by atoms with Gasteiger partial charge >= 0.3 is 11.9 Å². The summed E-state index contributed by atoms with van der Waals surface area (Å²) >= 11 is 0. The van der Waals surface area contributed by atoms with Crippen LogP contribution in [0.5, 0.6) is 0 Å². The Morgan fingerprint density at radius 3 is 1.78 bits per heavy atom. The zero-order valence-corrected chi connectivity index (χ0v) is 10.8. The van der Waals surface area contributed by atoms with Gasteiger partial charge in [-0.1, -0.05) is 32.0 Å². The third-order valence-corrected chi connectivity index (χ3v) is 2.37. The van der Waals surface area contributed by atoms with E-state index >= 15 is 0 Å². The second kappa shape index (κ2) is 7.48. The Morgan fingerprint density at radius 1 is 0.944 bits per heavy atom. The standard InChI is InChI=1S/C14H18O4/c1-3-13(15)17-9-11-6-5-7-12(8-11)10-18-14(16)4-2/h5-8H,3-4,9-10H2,1-2H3. The minimum Gasteiger partial charge on any atom is -0.461 e. The van der Waals surface area contributed by atoms with Crippen molar-refractivity contribution in [2.24, 2.45) is 0 Å². The molecule has 0 N–H and O–H groups in total. The smallest absolute Gasteiger partial charge is 0.305 e. The Kier molecular flexibility index (Phi) is 5.91. The number of rotatable bonds is 6. The van der Waals surface area contributed by atoms with Gasteiger partial charge in [0.25, 0.3) is 0 Å². The summed E-state index contributed by atoms with van der Waals surface area (Å²) in [6, 6.07) is 7.46. The van der Waals surface area contributed by atoms with E-state index in [9.17, 15) is 9.59 Å². The highest BCUT2D eigenvalue weighted by Gasteiger charge is 2.03. The monoisotopic (exact) mass is 250 g/mol. The van der Waals surface area contributed by atoms with Crippen LogP contribution < -0.4 is 0 Å². The number of carbonyl (C=O) groups excluding carboxylic acids is 2. The van der Waals surface area contributed by atoms with E-state index in [0.29, 0.717) is 12.8 Å². The van der Waals surface area contributed by atoms with Crippen molar-refractivity contribution in [3.8, 4) is 0 Å². The molecule has 18 heavy (non-hydrogen) atoms. The van der Waals surface area contributed by atoms with Gasteiger partial charge in [0.15, 0.2) is 0 Å². The van der Waals surface area contributed by atoms with E-state index in [-0.39, 0.29) is 25.2 Å². The predicted octanol–water partition coefficient (Wildman–Crippen LogP) is 2.59. The predicted molar refractivity (Wildman–Crippen MR) is 66.6 cm³/mol. The average molecular weight is 250 g/mol. The lowest BCUT2D eigenvalue weighted by molar-refractivity contribution is -0.145. The summed E-state index contributed by atoms with van der Waals surface area (Å²) in [6.07, 6.45) is 0.738. The van der Waals surface area contributed by atoms with Crippen molar-refractivity contribution in [3.63, 3.8) is 0 Å². The maximum atomic E-state index is 11.0. The Labute approximate surface area is 107 Å². The maximum Gasteiger partial charge on any atom is 0.305 e. The molecule has 0 bridgehead atoms. The van der Waals surface area contributed by atoms with E-state index in [2.05, 4.69) is 0 Å². The highest BCUT2D eigenvalue weighted by Crippen LogP contribution is 2.09. The summed E-state index contributed by atoms with van der Waals surface area (Å²) in [5.41, 5.74) is 1.78. The zero-order chi connectivity index (χ0) is 13.4. The van der Waals surface area contributed by atoms with E-state index in [1.807, 2.05) is 24.3 Å². The molecule has 0 spiro atoms. The molecule has 1 rings (SSSR count). The number of hydrogen-bond donors (Lipinski definition) is 0. The second-order valence-corrected chi connectivity index (χ2v) is 3.85. The lowest BCUT2D eigenvalue weighted by Gasteiger charge is -2.07. The van der Waals surface area contributed by atoms with Crippen molar-refractivity contribution >= 4 is 11.9 Å².